The third-order valence-corrected chi connectivity index (χ3v) is 3.03. The van der Waals surface area contributed by atoms with Crippen LogP contribution in [0.1, 0.15) is 17.5 Å². The Hall–Kier alpha value is -1.46. The topological polar surface area (TPSA) is 63.2 Å². The first kappa shape index (κ1) is 13.0. The van der Waals surface area contributed by atoms with Crippen LogP contribution in [0.4, 0.5) is 0 Å². The average molecular weight is 249 g/mol. The van der Waals surface area contributed by atoms with Crippen LogP contribution >= 0.6 is 0 Å². The zero-order chi connectivity index (χ0) is 12.8. The smallest absolute Gasteiger partial charge is 0.222 e. The lowest BCUT2D eigenvalue weighted by Gasteiger charge is -2.23. The van der Waals surface area contributed by atoms with Crippen molar-refractivity contribution in [1.82, 2.24) is 15.6 Å². The summed E-state index contributed by atoms with van der Waals surface area (Å²) in [6.45, 7) is 4.84. The molecule has 0 saturated carbocycles. The Morgan fingerprint density at radius 3 is 3.28 bits per heavy atom. The molecule has 1 aliphatic rings. The average Bonchev–Trinajstić information content (AvgIpc) is 2.39. The largest absolute Gasteiger partial charge is 0.375 e. The lowest BCUT2D eigenvalue weighted by molar-refractivity contribution is -0.124. The van der Waals surface area contributed by atoms with Crippen molar-refractivity contribution in [3.05, 3.63) is 29.6 Å². The van der Waals surface area contributed by atoms with Gasteiger partial charge in [-0.2, -0.15) is 0 Å². The van der Waals surface area contributed by atoms with E-state index in [2.05, 4.69) is 15.6 Å². The fourth-order valence-corrected chi connectivity index (χ4v) is 1.92. The molecule has 1 saturated heterocycles. The normalized spacial score (nSPS) is 19.5. The van der Waals surface area contributed by atoms with Gasteiger partial charge in [0, 0.05) is 32.0 Å². The van der Waals surface area contributed by atoms with E-state index in [1.54, 1.807) is 12.4 Å². The van der Waals surface area contributed by atoms with E-state index in [0.717, 1.165) is 24.2 Å². The molecule has 0 aliphatic carbocycles. The Labute approximate surface area is 107 Å². The fraction of sp³-hybridized carbons (Fsp3) is 0.538. The van der Waals surface area contributed by atoms with Gasteiger partial charge in [-0.1, -0.05) is 0 Å². The highest BCUT2D eigenvalue weighted by Crippen LogP contribution is 2.05. The summed E-state index contributed by atoms with van der Waals surface area (Å²) >= 11 is 0. The van der Waals surface area contributed by atoms with E-state index in [1.807, 2.05) is 13.0 Å². The monoisotopic (exact) mass is 249 g/mol. The summed E-state index contributed by atoms with van der Waals surface area (Å²) in [5.74, 6) is 0.0277. The molecule has 2 heterocycles. The minimum absolute atomic E-state index is 0.00251. The number of rotatable bonds is 4. The molecule has 1 atom stereocenters. The number of nitrogens with one attached hydrogen (secondary N) is 2. The van der Waals surface area contributed by atoms with Crippen molar-refractivity contribution in [2.75, 3.05) is 19.7 Å². The summed E-state index contributed by atoms with van der Waals surface area (Å²) in [4.78, 5) is 15.8. The summed E-state index contributed by atoms with van der Waals surface area (Å²) in [6, 6.07) is 1.92. The first-order chi connectivity index (χ1) is 8.75. The second kappa shape index (κ2) is 6.47. The molecule has 18 heavy (non-hydrogen) atoms. The molecule has 0 aromatic carbocycles. The molecular formula is C13H19N3O2. The van der Waals surface area contributed by atoms with Crippen LogP contribution in [0.25, 0.3) is 0 Å². The van der Waals surface area contributed by atoms with Crippen LogP contribution in [-0.4, -0.2) is 36.7 Å². The molecule has 2 N–H and O–H groups in total. The Balaban J connectivity index is 1.76. The minimum atomic E-state index is -0.00251. The van der Waals surface area contributed by atoms with Crippen molar-refractivity contribution in [1.29, 1.82) is 0 Å². The van der Waals surface area contributed by atoms with Gasteiger partial charge in [0.1, 0.15) is 0 Å². The van der Waals surface area contributed by atoms with E-state index in [4.69, 9.17) is 4.74 Å². The molecule has 5 nitrogen and oxygen atoms in total. The van der Waals surface area contributed by atoms with Crippen molar-refractivity contribution in [2.45, 2.75) is 26.0 Å². The summed E-state index contributed by atoms with van der Waals surface area (Å²) in [5.41, 5.74) is 2.19. The standard InChI is InChI=1S/C13H19N3O2/c1-10-7-14-3-2-11(10)8-16-13(17)6-12-9-15-4-5-18-12/h2-3,7,12,15H,4-6,8-9H2,1H3,(H,16,17). The van der Waals surface area contributed by atoms with Crippen LogP contribution in [0.3, 0.4) is 0 Å². The Morgan fingerprint density at radius 1 is 1.67 bits per heavy atom. The highest BCUT2D eigenvalue weighted by molar-refractivity contribution is 5.76. The van der Waals surface area contributed by atoms with Crippen LogP contribution in [0, 0.1) is 6.92 Å². The lowest BCUT2D eigenvalue weighted by atomic mass is 10.1. The van der Waals surface area contributed by atoms with Gasteiger partial charge in [-0.05, 0) is 24.1 Å². The molecule has 98 valence electrons. The zero-order valence-electron chi connectivity index (χ0n) is 10.6. The molecule has 1 aliphatic heterocycles. The summed E-state index contributed by atoms with van der Waals surface area (Å²) < 4.78 is 5.49. The molecule has 0 radical (unpaired) electrons. The minimum Gasteiger partial charge on any atom is -0.375 e. The van der Waals surface area contributed by atoms with Crippen molar-refractivity contribution >= 4 is 5.91 Å². The van der Waals surface area contributed by atoms with Gasteiger partial charge in [0.05, 0.1) is 19.1 Å². The highest BCUT2D eigenvalue weighted by atomic mass is 16.5. The SMILES string of the molecule is Cc1cnccc1CNC(=O)CC1CNCCO1. The third-order valence-electron chi connectivity index (χ3n) is 3.03. The maximum atomic E-state index is 11.8. The maximum Gasteiger partial charge on any atom is 0.222 e. The van der Waals surface area contributed by atoms with Gasteiger partial charge in [-0.15, -0.1) is 0 Å². The van der Waals surface area contributed by atoms with Crippen LogP contribution in [0.5, 0.6) is 0 Å². The quantitative estimate of drug-likeness (QED) is 0.810. The number of aromatic nitrogens is 1. The Morgan fingerprint density at radius 2 is 2.56 bits per heavy atom. The van der Waals surface area contributed by atoms with Crippen LogP contribution < -0.4 is 10.6 Å². The number of carbonyl (C=O) groups excluding carboxylic acids is 1. The van der Waals surface area contributed by atoms with Crippen molar-refractivity contribution < 1.29 is 9.53 Å². The number of ether oxygens (including phenoxy) is 1. The van der Waals surface area contributed by atoms with Crippen LogP contribution in [0.15, 0.2) is 18.5 Å². The molecule has 5 heteroatoms. The van der Waals surface area contributed by atoms with Gasteiger partial charge in [0.2, 0.25) is 5.91 Å². The highest BCUT2D eigenvalue weighted by Gasteiger charge is 2.17. The van der Waals surface area contributed by atoms with Gasteiger partial charge >= 0.3 is 0 Å². The number of hydrogen-bond donors (Lipinski definition) is 2. The summed E-state index contributed by atoms with van der Waals surface area (Å²) in [6.07, 6.45) is 3.95. The number of hydrogen-bond acceptors (Lipinski definition) is 4. The van der Waals surface area contributed by atoms with E-state index < -0.39 is 0 Å². The fourth-order valence-electron chi connectivity index (χ4n) is 1.92. The molecule has 1 aromatic rings. The molecule has 1 fully saturated rings. The van der Waals surface area contributed by atoms with E-state index in [9.17, 15) is 4.79 Å². The molecule has 1 unspecified atom stereocenters. The van der Waals surface area contributed by atoms with E-state index in [-0.39, 0.29) is 12.0 Å². The maximum absolute atomic E-state index is 11.8. The van der Waals surface area contributed by atoms with Gasteiger partial charge in [0.15, 0.2) is 0 Å². The van der Waals surface area contributed by atoms with Gasteiger partial charge in [-0.25, -0.2) is 0 Å². The molecule has 1 aromatic heterocycles. The third kappa shape index (κ3) is 3.78. The van der Waals surface area contributed by atoms with E-state index >= 15 is 0 Å². The lowest BCUT2D eigenvalue weighted by Crippen LogP contribution is -2.41. The number of aryl methyl sites for hydroxylation is 1. The van der Waals surface area contributed by atoms with Crippen molar-refractivity contribution in [3.8, 4) is 0 Å². The number of carbonyl (C=O) groups is 1. The van der Waals surface area contributed by atoms with Gasteiger partial charge in [-0.3, -0.25) is 9.78 Å². The predicted molar refractivity (Wildman–Crippen MR) is 68.0 cm³/mol. The van der Waals surface area contributed by atoms with Gasteiger partial charge < -0.3 is 15.4 Å². The zero-order valence-corrected chi connectivity index (χ0v) is 10.6. The number of nitrogens with zero attached hydrogens (tertiary/aromatic N) is 1. The van der Waals surface area contributed by atoms with E-state index in [1.165, 1.54) is 0 Å². The van der Waals surface area contributed by atoms with Crippen LogP contribution in [-0.2, 0) is 16.1 Å². The molecule has 1 amide bonds. The second-order valence-corrected chi connectivity index (χ2v) is 4.48. The molecule has 0 spiro atoms. The van der Waals surface area contributed by atoms with Crippen LogP contribution in [0.2, 0.25) is 0 Å². The number of morpholine rings is 1. The molecule has 0 bridgehead atoms. The Kier molecular flexibility index (Phi) is 4.66. The van der Waals surface area contributed by atoms with Crippen molar-refractivity contribution in [2.24, 2.45) is 0 Å². The second-order valence-electron chi connectivity index (χ2n) is 4.48. The van der Waals surface area contributed by atoms with Gasteiger partial charge in [0.25, 0.3) is 0 Å². The van der Waals surface area contributed by atoms with Crippen molar-refractivity contribution in [3.63, 3.8) is 0 Å². The Bertz CT molecular complexity index is 403. The first-order valence-corrected chi connectivity index (χ1v) is 6.24. The molecular weight excluding hydrogens is 230 g/mol. The predicted octanol–water partition coefficient (Wildman–Crippen LogP) is 0.385. The number of amides is 1. The molecule has 2 rings (SSSR count). The number of pyridine rings is 1. The van der Waals surface area contributed by atoms with E-state index in [0.29, 0.717) is 19.6 Å². The first-order valence-electron chi connectivity index (χ1n) is 6.24. The summed E-state index contributed by atoms with van der Waals surface area (Å²) in [7, 11) is 0. The summed E-state index contributed by atoms with van der Waals surface area (Å²) in [5, 5.41) is 6.12.